The topological polar surface area (TPSA) is 46.2 Å². The highest BCUT2D eigenvalue weighted by molar-refractivity contribution is 7.92. The van der Waals surface area contributed by atoms with E-state index in [4.69, 9.17) is 0 Å². The number of hydrogen-bond donors (Lipinski definition) is 1. The van der Waals surface area contributed by atoms with Gasteiger partial charge in [0, 0.05) is 6.04 Å². The average Bonchev–Trinajstić information content (AvgIpc) is 2.37. The van der Waals surface area contributed by atoms with Crippen LogP contribution in [0, 0.1) is 0 Å². The van der Waals surface area contributed by atoms with Gasteiger partial charge in [-0.15, -0.1) is 0 Å². The first kappa shape index (κ1) is 18.0. The van der Waals surface area contributed by atoms with Crippen molar-refractivity contribution in [2.75, 3.05) is 6.54 Å². The van der Waals surface area contributed by atoms with Crippen molar-refractivity contribution in [2.24, 2.45) is 0 Å². The minimum absolute atomic E-state index is 0.0853. The van der Waals surface area contributed by atoms with Crippen molar-refractivity contribution in [3.8, 4) is 0 Å². The summed E-state index contributed by atoms with van der Waals surface area (Å²) in [6, 6.07) is 4.23. The molecule has 2 unspecified atom stereocenters. The quantitative estimate of drug-likeness (QED) is 0.874. The van der Waals surface area contributed by atoms with Crippen LogP contribution in [0.2, 0.25) is 0 Å². The van der Waals surface area contributed by atoms with Crippen LogP contribution in [0.1, 0.15) is 32.8 Å². The van der Waals surface area contributed by atoms with E-state index in [1.54, 1.807) is 0 Å². The van der Waals surface area contributed by atoms with Gasteiger partial charge in [0.1, 0.15) is 0 Å². The molecule has 0 heterocycles. The van der Waals surface area contributed by atoms with Crippen LogP contribution in [-0.4, -0.2) is 26.3 Å². The van der Waals surface area contributed by atoms with Crippen LogP contribution in [0.4, 0.5) is 13.2 Å². The first-order valence-electron chi connectivity index (χ1n) is 6.74. The number of halogens is 3. The third kappa shape index (κ3) is 4.44. The number of nitrogens with one attached hydrogen (secondary N) is 1. The predicted molar refractivity (Wildman–Crippen MR) is 75.8 cm³/mol. The van der Waals surface area contributed by atoms with E-state index in [1.165, 1.54) is 19.1 Å². The SMILES string of the molecule is CCNC(C)CC(C)S(=O)(=O)c1ccccc1C(F)(F)F. The van der Waals surface area contributed by atoms with E-state index in [-0.39, 0.29) is 12.5 Å². The highest BCUT2D eigenvalue weighted by Gasteiger charge is 2.38. The average molecular weight is 323 g/mol. The van der Waals surface area contributed by atoms with E-state index >= 15 is 0 Å². The summed E-state index contributed by atoms with van der Waals surface area (Å²) in [6.45, 7) is 5.81. The van der Waals surface area contributed by atoms with Crippen LogP contribution in [0.5, 0.6) is 0 Å². The zero-order valence-corrected chi connectivity index (χ0v) is 13.1. The van der Waals surface area contributed by atoms with E-state index in [1.807, 2.05) is 13.8 Å². The van der Waals surface area contributed by atoms with Crippen LogP contribution in [0.15, 0.2) is 29.2 Å². The fourth-order valence-corrected chi connectivity index (χ4v) is 3.96. The van der Waals surface area contributed by atoms with Crippen molar-refractivity contribution in [3.63, 3.8) is 0 Å². The van der Waals surface area contributed by atoms with Gasteiger partial charge in [-0.1, -0.05) is 19.1 Å². The molecule has 0 saturated heterocycles. The van der Waals surface area contributed by atoms with Crippen molar-refractivity contribution < 1.29 is 21.6 Å². The molecule has 0 fully saturated rings. The van der Waals surface area contributed by atoms with Gasteiger partial charge in [0.2, 0.25) is 0 Å². The van der Waals surface area contributed by atoms with Crippen LogP contribution in [-0.2, 0) is 16.0 Å². The monoisotopic (exact) mass is 323 g/mol. The van der Waals surface area contributed by atoms with Crippen molar-refractivity contribution in [2.45, 2.75) is 49.6 Å². The Labute approximate surface area is 123 Å². The largest absolute Gasteiger partial charge is 0.417 e. The zero-order chi connectivity index (χ0) is 16.3. The fourth-order valence-electron chi connectivity index (χ4n) is 2.22. The molecule has 7 heteroatoms. The predicted octanol–water partition coefficient (Wildman–Crippen LogP) is 3.26. The van der Waals surface area contributed by atoms with Gasteiger partial charge >= 0.3 is 6.18 Å². The highest BCUT2D eigenvalue weighted by Crippen LogP contribution is 2.35. The molecule has 0 spiro atoms. The Balaban J connectivity index is 3.14. The summed E-state index contributed by atoms with van der Waals surface area (Å²) in [5.41, 5.74) is -1.10. The molecule has 3 nitrogen and oxygen atoms in total. The van der Waals surface area contributed by atoms with E-state index in [9.17, 15) is 21.6 Å². The third-order valence-electron chi connectivity index (χ3n) is 3.27. The Morgan fingerprint density at radius 2 is 1.76 bits per heavy atom. The molecule has 1 rings (SSSR count). The minimum atomic E-state index is -4.68. The Bertz CT molecular complexity index is 570. The van der Waals surface area contributed by atoms with Crippen LogP contribution >= 0.6 is 0 Å². The molecule has 0 saturated carbocycles. The molecular weight excluding hydrogens is 303 g/mol. The van der Waals surface area contributed by atoms with Crippen molar-refractivity contribution in [1.82, 2.24) is 5.32 Å². The van der Waals surface area contributed by atoms with Crippen molar-refractivity contribution >= 4 is 9.84 Å². The second-order valence-electron chi connectivity index (χ2n) is 5.04. The smallest absolute Gasteiger partial charge is 0.314 e. The van der Waals surface area contributed by atoms with Gasteiger partial charge in [0.15, 0.2) is 9.84 Å². The molecule has 1 aromatic rings. The summed E-state index contributed by atoms with van der Waals surface area (Å²) in [5, 5.41) is 2.16. The van der Waals surface area contributed by atoms with Crippen LogP contribution < -0.4 is 5.32 Å². The highest BCUT2D eigenvalue weighted by atomic mass is 32.2. The van der Waals surface area contributed by atoms with E-state index in [0.717, 1.165) is 12.1 Å². The molecule has 21 heavy (non-hydrogen) atoms. The van der Waals surface area contributed by atoms with E-state index in [2.05, 4.69) is 5.32 Å². The molecular formula is C14H20F3NO2S. The van der Waals surface area contributed by atoms with E-state index < -0.39 is 31.7 Å². The molecule has 0 aliphatic rings. The summed E-state index contributed by atoms with van der Waals surface area (Å²) >= 11 is 0. The second-order valence-corrected chi connectivity index (χ2v) is 7.38. The summed E-state index contributed by atoms with van der Waals surface area (Å²) in [4.78, 5) is -0.645. The second kappa shape index (κ2) is 6.79. The van der Waals surface area contributed by atoms with Gasteiger partial charge in [0.25, 0.3) is 0 Å². The zero-order valence-electron chi connectivity index (χ0n) is 12.2. The van der Waals surface area contributed by atoms with Gasteiger partial charge in [-0.25, -0.2) is 8.42 Å². The van der Waals surface area contributed by atoms with Crippen molar-refractivity contribution in [1.29, 1.82) is 0 Å². The summed E-state index contributed by atoms with van der Waals surface area (Å²) in [5.74, 6) is 0. The molecule has 0 aliphatic carbocycles. The Morgan fingerprint density at radius 1 is 1.19 bits per heavy atom. The molecule has 1 N–H and O–H groups in total. The number of rotatable bonds is 6. The number of benzene rings is 1. The lowest BCUT2D eigenvalue weighted by Crippen LogP contribution is -2.32. The van der Waals surface area contributed by atoms with Crippen LogP contribution in [0.25, 0.3) is 0 Å². The lowest BCUT2D eigenvalue weighted by molar-refractivity contribution is -0.139. The number of alkyl halides is 3. The van der Waals surface area contributed by atoms with Crippen molar-refractivity contribution in [3.05, 3.63) is 29.8 Å². The molecule has 0 amide bonds. The molecule has 1 aromatic carbocycles. The normalized spacial score (nSPS) is 15.7. The summed E-state index contributed by atoms with van der Waals surface area (Å²) in [7, 11) is -4.03. The minimum Gasteiger partial charge on any atom is -0.314 e. The summed E-state index contributed by atoms with van der Waals surface area (Å²) in [6.07, 6.45) is -4.43. The Kier molecular flexibility index (Phi) is 5.81. The Morgan fingerprint density at radius 3 is 2.29 bits per heavy atom. The summed E-state index contributed by atoms with van der Waals surface area (Å²) < 4.78 is 63.7. The molecule has 0 aromatic heterocycles. The van der Waals surface area contributed by atoms with Gasteiger partial charge in [-0.05, 0) is 38.9 Å². The maximum Gasteiger partial charge on any atom is 0.417 e. The first-order valence-corrected chi connectivity index (χ1v) is 8.28. The maximum atomic E-state index is 12.9. The first-order chi connectivity index (χ1) is 9.60. The lowest BCUT2D eigenvalue weighted by atomic mass is 10.2. The molecule has 2 atom stereocenters. The van der Waals surface area contributed by atoms with Gasteiger partial charge < -0.3 is 5.32 Å². The van der Waals surface area contributed by atoms with E-state index in [0.29, 0.717) is 6.54 Å². The maximum absolute atomic E-state index is 12.9. The molecule has 0 aliphatic heterocycles. The standard InChI is InChI=1S/C14H20F3NO2S/c1-4-18-10(2)9-11(3)21(19,20)13-8-6-5-7-12(13)14(15,16)17/h5-8,10-11,18H,4,9H2,1-3H3. The third-order valence-corrected chi connectivity index (χ3v) is 5.49. The fraction of sp³-hybridized carbons (Fsp3) is 0.571. The van der Waals surface area contributed by atoms with Gasteiger partial charge in [-0.2, -0.15) is 13.2 Å². The number of sulfone groups is 1. The Hall–Kier alpha value is -1.08. The molecule has 0 radical (unpaired) electrons. The van der Waals surface area contributed by atoms with Crippen LogP contribution in [0.3, 0.4) is 0 Å². The van der Waals surface area contributed by atoms with Gasteiger partial charge in [-0.3, -0.25) is 0 Å². The molecule has 0 bridgehead atoms. The van der Waals surface area contributed by atoms with Gasteiger partial charge in [0.05, 0.1) is 15.7 Å². The lowest BCUT2D eigenvalue weighted by Gasteiger charge is -2.20. The number of hydrogen-bond acceptors (Lipinski definition) is 3. The molecule has 120 valence electrons.